The fraction of sp³-hybridized carbons (Fsp3) is 0.233. The van der Waals surface area contributed by atoms with Gasteiger partial charge in [-0.25, -0.2) is 4.79 Å². The van der Waals surface area contributed by atoms with E-state index < -0.39 is 29.9 Å². The van der Waals surface area contributed by atoms with Gasteiger partial charge in [-0.15, -0.1) is 0 Å². The second-order valence-electron chi connectivity index (χ2n) is 9.19. The summed E-state index contributed by atoms with van der Waals surface area (Å²) in [6, 6.07) is 19.4. The van der Waals surface area contributed by atoms with Gasteiger partial charge in [-0.1, -0.05) is 48.5 Å². The highest BCUT2D eigenvalue weighted by atomic mass is 16.5. The fourth-order valence-electron chi connectivity index (χ4n) is 4.51. The number of nitrogens with zero attached hydrogens (tertiary/aromatic N) is 1. The third kappa shape index (κ3) is 6.38. The van der Waals surface area contributed by atoms with Crippen molar-refractivity contribution in [2.45, 2.75) is 24.9 Å². The lowest BCUT2D eigenvalue weighted by molar-refractivity contribution is -0.142. The lowest BCUT2D eigenvalue weighted by Crippen LogP contribution is -2.53. The van der Waals surface area contributed by atoms with Gasteiger partial charge in [0, 0.05) is 48.6 Å². The summed E-state index contributed by atoms with van der Waals surface area (Å²) >= 11 is 0. The number of likely N-dealkylation sites (N-methyl/N-ethyl adjacent to an activating group) is 1. The summed E-state index contributed by atoms with van der Waals surface area (Å²) < 4.78 is 10.6. The van der Waals surface area contributed by atoms with Gasteiger partial charge in [0.15, 0.2) is 0 Å². The zero-order valence-electron chi connectivity index (χ0n) is 22.0. The predicted molar refractivity (Wildman–Crippen MR) is 147 cm³/mol. The van der Waals surface area contributed by atoms with Crippen LogP contribution in [0.1, 0.15) is 21.5 Å². The number of aliphatic carboxylic acids is 1. The number of carboxylic acids is 1. The molecule has 202 valence electrons. The number of hydrogen-bond donors (Lipinski definition) is 3. The SMILES string of the molecule is COc1cc(OC)cc(C(=O)N(C)[C@H](Cc2ccccc2)C(=O)N[C@@H](Cc2c[nH]c3ccccc23)C(=O)O)c1. The summed E-state index contributed by atoms with van der Waals surface area (Å²) in [4.78, 5) is 43.9. The summed E-state index contributed by atoms with van der Waals surface area (Å²) in [6.45, 7) is 0. The summed E-state index contributed by atoms with van der Waals surface area (Å²) in [7, 11) is 4.49. The molecule has 9 heteroatoms. The lowest BCUT2D eigenvalue weighted by atomic mass is 10.0. The number of methoxy groups -OCH3 is 2. The zero-order chi connectivity index (χ0) is 27.9. The van der Waals surface area contributed by atoms with E-state index in [0.717, 1.165) is 22.0 Å². The van der Waals surface area contributed by atoms with Gasteiger partial charge >= 0.3 is 5.97 Å². The molecule has 1 heterocycles. The number of amides is 2. The Hall–Kier alpha value is -4.79. The maximum atomic E-state index is 13.7. The second-order valence-corrected chi connectivity index (χ2v) is 9.19. The van der Waals surface area contributed by atoms with Gasteiger partial charge in [-0.2, -0.15) is 0 Å². The quantitative estimate of drug-likeness (QED) is 0.273. The molecule has 2 atom stereocenters. The van der Waals surface area contributed by atoms with E-state index in [4.69, 9.17) is 9.47 Å². The molecule has 0 spiro atoms. The molecule has 2 amide bonds. The standard InChI is InChI=1S/C30H31N3O6/c1-33(29(35)20-14-22(38-2)17-23(15-20)39-3)27(13-19-9-5-4-6-10-19)28(34)32-26(30(36)37)16-21-18-31-25-12-8-7-11-24(21)25/h4-12,14-15,17-18,26-27,31H,13,16H2,1-3H3,(H,32,34)(H,36,37)/t26-,27+/m0/s1. The molecular formula is C30H31N3O6. The normalized spacial score (nSPS) is 12.4. The minimum absolute atomic E-state index is 0.0773. The molecule has 0 bridgehead atoms. The fourth-order valence-corrected chi connectivity index (χ4v) is 4.51. The van der Waals surface area contributed by atoms with Gasteiger partial charge < -0.3 is 29.8 Å². The number of carbonyl (C=O) groups excluding carboxylic acids is 2. The van der Waals surface area contributed by atoms with Gasteiger partial charge in [0.05, 0.1) is 14.2 Å². The van der Waals surface area contributed by atoms with Gasteiger partial charge in [0.1, 0.15) is 23.6 Å². The molecule has 4 aromatic rings. The highest BCUT2D eigenvalue weighted by Gasteiger charge is 2.32. The van der Waals surface area contributed by atoms with Crippen molar-refractivity contribution >= 4 is 28.7 Å². The summed E-state index contributed by atoms with van der Waals surface area (Å²) in [5.74, 6) is -1.32. The maximum Gasteiger partial charge on any atom is 0.326 e. The number of carbonyl (C=O) groups is 3. The zero-order valence-corrected chi connectivity index (χ0v) is 22.0. The molecule has 4 rings (SSSR count). The van der Waals surface area contributed by atoms with Crippen LogP contribution in [0.15, 0.2) is 79.0 Å². The van der Waals surface area contributed by atoms with Crippen LogP contribution in [0, 0.1) is 0 Å². The Bertz CT molecular complexity index is 1440. The molecule has 3 aromatic carbocycles. The molecule has 9 nitrogen and oxygen atoms in total. The first kappa shape index (κ1) is 27.3. The van der Waals surface area contributed by atoms with Crippen LogP contribution >= 0.6 is 0 Å². The van der Waals surface area contributed by atoms with E-state index >= 15 is 0 Å². The molecule has 0 unspecified atom stereocenters. The molecule has 3 N–H and O–H groups in total. The number of carboxylic acid groups (broad SMARTS) is 1. The van der Waals surface area contributed by atoms with E-state index in [1.165, 1.54) is 26.2 Å². The summed E-state index contributed by atoms with van der Waals surface area (Å²) in [6.07, 6.45) is 2.02. The lowest BCUT2D eigenvalue weighted by Gasteiger charge is -2.29. The predicted octanol–water partition coefficient (Wildman–Crippen LogP) is 3.68. The minimum atomic E-state index is -1.20. The third-order valence-electron chi connectivity index (χ3n) is 6.67. The van der Waals surface area contributed by atoms with Crippen LogP contribution in [0.2, 0.25) is 0 Å². The first-order valence-corrected chi connectivity index (χ1v) is 12.4. The third-order valence-corrected chi connectivity index (χ3v) is 6.67. The summed E-state index contributed by atoms with van der Waals surface area (Å²) in [5.41, 5.74) is 2.74. The average molecular weight is 530 g/mol. The van der Waals surface area contributed by atoms with Crippen molar-refractivity contribution < 1.29 is 29.0 Å². The van der Waals surface area contributed by atoms with Crippen LogP contribution in [-0.2, 0) is 22.4 Å². The Morgan fingerprint density at radius 3 is 2.21 bits per heavy atom. The molecule has 0 fully saturated rings. The molecule has 0 radical (unpaired) electrons. The molecule has 0 saturated heterocycles. The van der Waals surface area contributed by atoms with E-state index in [2.05, 4.69) is 10.3 Å². The van der Waals surface area contributed by atoms with Crippen LogP contribution < -0.4 is 14.8 Å². The molecule has 0 aliphatic heterocycles. The van der Waals surface area contributed by atoms with E-state index in [1.807, 2.05) is 54.6 Å². The van der Waals surface area contributed by atoms with Crippen molar-refractivity contribution in [3.8, 4) is 11.5 Å². The van der Waals surface area contributed by atoms with Gasteiger partial charge in [-0.05, 0) is 29.3 Å². The van der Waals surface area contributed by atoms with E-state index in [1.54, 1.807) is 24.4 Å². The number of hydrogen-bond acceptors (Lipinski definition) is 5. The monoisotopic (exact) mass is 529 g/mol. The molecule has 39 heavy (non-hydrogen) atoms. The van der Waals surface area contributed by atoms with Gasteiger partial charge in [0.2, 0.25) is 5.91 Å². The molecular weight excluding hydrogens is 498 g/mol. The van der Waals surface area contributed by atoms with Crippen molar-refractivity contribution in [3.05, 3.63) is 95.7 Å². The number of ether oxygens (including phenoxy) is 2. The van der Waals surface area contributed by atoms with Crippen molar-refractivity contribution in [2.24, 2.45) is 0 Å². The topological polar surface area (TPSA) is 121 Å². The minimum Gasteiger partial charge on any atom is -0.497 e. The number of fused-ring (bicyclic) bond motifs is 1. The van der Waals surface area contributed by atoms with Crippen LogP contribution in [-0.4, -0.2) is 66.1 Å². The molecule has 1 aromatic heterocycles. The number of aromatic nitrogens is 1. The van der Waals surface area contributed by atoms with E-state index in [-0.39, 0.29) is 18.4 Å². The number of benzene rings is 3. The Kier molecular flexibility index (Phi) is 8.50. The Morgan fingerprint density at radius 1 is 0.923 bits per heavy atom. The van der Waals surface area contributed by atoms with Crippen molar-refractivity contribution in [2.75, 3.05) is 21.3 Å². The summed E-state index contributed by atoms with van der Waals surface area (Å²) in [5, 5.41) is 13.5. The number of H-pyrrole nitrogens is 1. The van der Waals surface area contributed by atoms with E-state index in [9.17, 15) is 19.5 Å². The number of para-hydroxylation sites is 1. The van der Waals surface area contributed by atoms with Crippen LogP contribution in [0.25, 0.3) is 10.9 Å². The molecule has 0 aliphatic carbocycles. The van der Waals surface area contributed by atoms with Crippen LogP contribution in [0.5, 0.6) is 11.5 Å². The highest BCUT2D eigenvalue weighted by Crippen LogP contribution is 2.24. The van der Waals surface area contributed by atoms with Gasteiger partial charge in [-0.3, -0.25) is 9.59 Å². The number of nitrogens with one attached hydrogen (secondary N) is 2. The van der Waals surface area contributed by atoms with Crippen LogP contribution in [0.3, 0.4) is 0 Å². The second kappa shape index (κ2) is 12.2. The number of aromatic amines is 1. The van der Waals surface area contributed by atoms with Crippen molar-refractivity contribution in [1.82, 2.24) is 15.2 Å². The molecule has 0 saturated carbocycles. The average Bonchev–Trinajstić information content (AvgIpc) is 3.37. The van der Waals surface area contributed by atoms with Crippen molar-refractivity contribution in [1.29, 1.82) is 0 Å². The maximum absolute atomic E-state index is 13.7. The first-order valence-electron chi connectivity index (χ1n) is 12.4. The Morgan fingerprint density at radius 2 is 1.56 bits per heavy atom. The van der Waals surface area contributed by atoms with Crippen LogP contribution in [0.4, 0.5) is 0 Å². The van der Waals surface area contributed by atoms with Gasteiger partial charge in [0.25, 0.3) is 5.91 Å². The first-order chi connectivity index (χ1) is 18.8. The Balaban J connectivity index is 1.61. The highest BCUT2D eigenvalue weighted by molar-refractivity contribution is 5.98. The molecule has 0 aliphatic rings. The number of rotatable bonds is 11. The van der Waals surface area contributed by atoms with E-state index in [0.29, 0.717) is 11.5 Å². The largest absolute Gasteiger partial charge is 0.497 e. The van der Waals surface area contributed by atoms with Crippen molar-refractivity contribution in [3.63, 3.8) is 0 Å². The Labute approximate surface area is 226 Å². The smallest absolute Gasteiger partial charge is 0.326 e.